The molecule has 1 aliphatic heterocycles. The van der Waals surface area contributed by atoms with E-state index in [0.29, 0.717) is 18.7 Å². The van der Waals surface area contributed by atoms with E-state index in [1.807, 2.05) is 0 Å². The van der Waals surface area contributed by atoms with Gasteiger partial charge < -0.3 is 16.0 Å². The fourth-order valence-corrected chi connectivity index (χ4v) is 3.71. The van der Waals surface area contributed by atoms with Gasteiger partial charge in [0.15, 0.2) is 11.5 Å². The summed E-state index contributed by atoms with van der Waals surface area (Å²) in [6, 6.07) is 8.19. The number of hydrogen-bond donors (Lipinski definition) is 3. The molecule has 0 spiro atoms. The van der Waals surface area contributed by atoms with E-state index >= 15 is 0 Å². The van der Waals surface area contributed by atoms with Gasteiger partial charge in [-0.25, -0.2) is 14.4 Å². The van der Waals surface area contributed by atoms with Gasteiger partial charge in [0.25, 0.3) is 0 Å². The molecule has 170 valence electrons. The molecule has 1 atom stereocenters. The molecule has 1 amide bonds. The van der Waals surface area contributed by atoms with Gasteiger partial charge in [-0.1, -0.05) is 6.07 Å². The maximum Gasteiger partial charge on any atom is 0.417 e. The third-order valence-corrected chi connectivity index (χ3v) is 5.28. The van der Waals surface area contributed by atoms with E-state index in [9.17, 15) is 22.4 Å². The van der Waals surface area contributed by atoms with Gasteiger partial charge in [0.1, 0.15) is 11.9 Å². The summed E-state index contributed by atoms with van der Waals surface area (Å²) in [4.78, 5) is 21.1. The second-order valence-electron chi connectivity index (χ2n) is 7.50. The zero-order valence-electron chi connectivity index (χ0n) is 16.9. The van der Waals surface area contributed by atoms with Gasteiger partial charge in [0, 0.05) is 25.2 Å². The second-order valence-corrected chi connectivity index (χ2v) is 7.50. The van der Waals surface area contributed by atoms with Crippen molar-refractivity contribution < 1.29 is 22.4 Å². The van der Waals surface area contributed by atoms with Crippen molar-refractivity contribution >= 4 is 28.4 Å². The summed E-state index contributed by atoms with van der Waals surface area (Å²) in [5, 5.41) is 12.9. The average Bonchev–Trinajstić information content (AvgIpc) is 3.13. The normalized spacial score (nSPS) is 17.2. The lowest BCUT2D eigenvalue weighted by atomic mass is 10.1. The molecule has 0 unspecified atom stereocenters. The van der Waals surface area contributed by atoms with Gasteiger partial charge in [0.05, 0.1) is 16.5 Å². The number of hydrogen-bond acceptors (Lipinski definition) is 6. The lowest BCUT2D eigenvalue weighted by molar-refractivity contribution is -0.136. The molecule has 0 bridgehead atoms. The number of amides is 1. The summed E-state index contributed by atoms with van der Waals surface area (Å²) < 4.78 is 55.9. The number of benzene rings is 2. The van der Waals surface area contributed by atoms with Crippen molar-refractivity contribution in [2.75, 3.05) is 25.0 Å². The van der Waals surface area contributed by atoms with E-state index in [-0.39, 0.29) is 40.8 Å². The van der Waals surface area contributed by atoms with Gasteiger partial charge in [-0.2, -0.15) is 17.7 Å². The van der Waals surface area contributed by atoms with Crippen LogP contribution in [0.1, 0.15) is 5.56 Å². The lowest BCUT2D eigenvalue weighted by Gasteiger charge is -2.17. The van der Waals surface area contributed by atoms with E-state index in [1.165, 1.54) is 36.4 Å². The number of nitrogens with one attached hydrogen (secondary N) is 3. The first-order valence-corrected chi connectivity index (χ1v) is 10.1. The first-order chi connectivity index (χ1) is 15.8. The highest BCUT2D eigenvalue weighted by Crippen LogP contribution is 2.37. The van der Waals surface area contributed by atoms with Gasteiger partial charge in [-0.3, -0.25) is 4.79 Å². The molecule has 5 rings (SSSR count). The highest BCUT2D eigenvalue weighted by Gasteiger charge is 2.35. The third-order valence-electron chi connectivity index (χ3n) is 5.28. The number of aromatic nitrogens is 4. The molecule has 2 aromatic heterocycles. The Kier molecular flexibility index (Phi) is 5.08. The quantitative estimate of drug-likeness (QED) is 0.408. The summed E-state index contributed by atoms with van der Waals surface area (Å²) >= 11 is 0. The number of nitrogens with zero attached hydrogens (tertiary/aromatic N) is 4. The molecule has 1 fully saturated rings. The van der Waals surface area contributed by atoms with Crippen LogP contribution >= 0.6 is 0 Å². The number of alkyl halides is 3. The van der Waals surface area contributed by atoms with Crippen LogP contribution in [0.4, 0.5) is 23.5 Å². The van der Waals surface area contributed by atoms with Gasteiger partial charge >= 0.3 is 6.18 Å². The minimum atomic E-state index is -4.65. The molecule has 12 heteroatoms. The zero-order valence-corrected chi connectivity index (χ0v) is 16.9. The van der Waals surface area contributed by atoms with Crippen LogP contribution in [0.3, 0.4) is 0 Å². The predicted octanol–water partition coefficient (Wildman–Crippen LogP) is 2.60. The first-order valence-electron chi connectivity index (χ1n) is 10.1. The largest absolute Gasteiger partial charge is 0.417 e. The molecule has 1 aliphatic rings. The molecule has 0 radical (unpaired) electrons. The maximum absolute atomic E-state index is 13.8. The summed E-state index contributed by atoms with van der Waals surface area (Å²) in [6.07, 6.45) is -4.65. The molecule has 8 nitrogen and oxygen atoms in total. The Morgan fingerprint density at radius 2 is 1.85 bits per heavy atom. The first kappa shape index (κ1) is 21.1. The van der Waals surface area contributed by atoms with Crippen LogP contribution in [0.15, 0.2) is 42.5 Å². The molecule has 2 aromatic carbocycles. The fraction of sp³-hybridized carbons (Fsp3) is 0.238. The zero-order chi connectivity index (χ0) is 23.2. The Morgan fingerprint density at radius 1 is 1.06 bits per heavy atom. The van der Waals surface area contributed by atoms with Crippen LogP contribution in [0.2, 0.25) is 0 Å². The maximum atomic E-state index is 13.8. The number of rotatable bonds is 3. The van der Waals surface area contributed by atoms with Crippen molar-refractivity contribution in [2.24, 2.45) is 0 Å². The fourth-order valence-electron chi connectivity index (χ4n) is 3.71. The Labute approximate surface area is 184 Å². The van der Waals surface area contributed by atoms with Gasteiger partial charge in [-0.15, -0.1) is 5.10 Å². The van der Waals surface area contributed by atoms with E-state index < -0.39 is 23.6 Å². The molecule has 4 aromatic rings. The summed E-state index contributed by atoms with van der Waals surface area (Å²) in [6.45, 7) is 1.32. The van der Waals surface area contributed by atoms with Crippen LogP contribution < -0.4 is 16.0 Å². The molecule has 1 saturated heterocycles. The number of carbonyl (C=O) groups excluding carboxylic acids is 1. The highest BCUT2D eigenvalue weighted by molar-refractivity contribution is 5.96. The number of halogens is 4. The molecule has 3 N–H and O–H groups in total. The minimum Gasteiger partial charge on any atom is -0.353 e. The predicted molar refractivity (Wildman–Crippen MR) is 112 cm³/mol. The summed E-state index contributed by atoms with van der Waals surface area (Å²) in [5.41, 5.74) is -0.537. The van der Waals surface area contributed by atoms with Crippen molar-refractivity contribution in [1.82, 2.24) is 30.2 Å². The average molecular weight is 459 g/mol. The van der Waals surface area contributed by atoms with Crippen LogP contribution in [0, 0.1) is 5.82 Å². The monoisotopic (exact) mass is 459 g/mol. The van der Waals surface area contributed by atoms with Crippen molar-refractivity contribution in [3.05, 3.63) is 53.8 Å². The third kappa shape index (κ3) is 3.93. The Bertz CT molecular complexity index is 1350. The Hall–Kier alpha value is -3.80. The van der Waals surface area contributed by atoms with Crippen LogP contribution in [-0.4, -0.2) is 51.2 Å². The van der Waals surface area contributed by atoms with Gasteiger partial charge in [-0.05, 0) is 36.4 Å². The standard InChI is InChI=1S/C21H17F4N7O/c22-12-6-4-11(5-7-12)17-30-18-16-13(21(23,24)25)2-1-3-14(16)28-20(32(18)31-17)29-15-10-26-8-9-27-19(15)33/h1-7,15,26H,8-10H2,(H,27,33)(H,28,29)/t15-/m1/s1. The Balaban J connectivity index is 1.74. The van der Waals surface area contributed by atoms with Crippen LogP contribution in [0.5, 0.6) is 0 Å². The number of carbonyl (C=O) groups is 1. The SMILES string of the molecule is O=C1NCCNC[C@H]1Nc1nc2cccc(C(F)(F)F)c2c2nc(-c3ccc(F)cc3)nn12. The Morgan fingerprint density at radius 3 is 2.61 bits per heavy atom. The van der Waals surface area contributed by atoms with Crippen molar-refractivity contribution in [3.63, 3.8) is 0 Å². The molecule has 33 heavy (non-hydrogen) atoms. The van der Waals surface area contributed by atoms with E-state index in [1.54, 1.807) is 0 Å². The molecule has 0 aliphatic carbocycles. The summed E-state index contributed by atoms with van der Waals surface area (Å²) in [7, 11) is 0. The summed E-state index contributed by atoms with van der Waals surface area (Å²) in [5.74, 6) is -0.601. The highest BCUT2D eigenvalue weighted by atomic mass is 19.4. The molecular weight excluding hydrogens is 442 g/mol. The van der Waals surface area contributed by atoms with E-state index in [2.05, 4.69) is 31.0 Å². The lowest BCUT2D eigenvalue weighted by Crippen LogP contribution is -2.42. The van der Waals surface area contributed by atoms with Crippen molar-refractivity contribution in [2.45, 2.75) is 12.2 Å². The topological polar surface area (TPSA) is 96.2 Å². The van der Waals surface area contributed by atoms with Crippen LogP contribution in [-0.2, 0) is 11.0 Å². The molecule has 0 saturated carbocycles. The molecule has 3 heterocycles. The van der Waals surface area contributed by atoms with E-state index in [0.717, 1.165) is 10.6 Å². The smallest absolute Gasteiger partial charge is 0.353 e. The minimum absolute atomic E-state index is 0.0415. The van der Waals surface area contributed by atoms with Gasteiger partial charge in [0.2, 0.25) is 11.9 Å². The number of anilines is 1. The van der Waals surface area contributed by atoms with Crippen LogP contribution in [0.25, 0.3) is 27.9 Å². The van der Waals surface area contributed by atoms with E-state index in [4.69, 9.17) is 0 Å². The van der Waals surface area contributed by atoms with Crippen molar-refractivity contribution in [1.29, 1.82) is 0 Å². The second kappa shape index (κ2) is 7.96. The van der Waals surface area contributed by atoms with Crippen molar-refractivity contribution in [3.8, 4) is 11.4 Å². The molecular formula is C21H17F4N7O. The number of fused-ring (bicyclic) bond motifs is 3.